The van der Waals surface area contributed by atoms with Crippen LogP contribution in [0.15, 0.2) is 0 Å². The second-order valence-corrected chi connectivity index (χ2v) is 8.85. The summed E-state index contributed by atoms with van der Waals surface area (Å²) in [6, 6.07) is 0. The predicted octanol–water partition coefficient (Wildman–Crippen LogP) is 4.73. The van der Waals surface area contributed by atoms with Crippen LogP contribution in [0.3, 0.4) is 0 Å². The van der Waals surface area contributed by atoms with Crippen molar-refractivity contribution in [2.75, 3.05) is 39.4 Å². The molecule has 1 aliphatic heterocycles. The number of unbranched alkanes of at least 4 members (excludes halogenated alkanes) is 2. The fraction of sp³-hybridized carbons (Fsp3) is 1.00. The molecule has 1 aliphatic rings. The third-order valence-corrected chi connectivity index (χ3v) is 5.94. The largest absolute Gasteiger partial charge is 0.472 e. The molecule has 1 heterocycles. The molecule has 1 fully saturated rings. The molecular weight excluding hydrogens is 363 g/mol. The molecule has 2 unspecified atom stereocenters. The molecule has 2 atom stereocenters. The van der Waals surface area contributed by atoms with E-state index in [1.165, 1.54) is 0 Å². The van der Waals surface area contributed by atoms with Crippen LogP contribution in [-0.2, 0) is 13.6 Å². The van der Waals surface area contributed by atoms with Crippen molar-refractivity contribution in [2.45, 2.75) is 79.1 Å². The van der Waals surface area contributed by atoms with Crippen LogP contribution in [0.1, 0.15) is 79.1 Å². The molecular formula is C20H45N2O4P. The Kier molecular flexibility index (Phi) is 18.1. The van der Waals surface area contributed by atoms with Gasteiger partial charge < -0.3 is 15.5 Å². The van der Waals surface area contributed by atoms with Gasteiger partial charge in [0.2, 0.25) is 0 Å². The minimum absolute atomic E-state index is 0.316. The fourth-order valence-corrected chi connectivity index (χ4v) is 3.71. The quantitative estimate of drug-likeness (QED) is 0.361. The number of piperazine rings is 1. The van der Waals surface area contributed by atoms with Gasteiger partial charge in [0.05, 0.1) is 13.2 Å². The number of rotatable bonds is 14. The lowest BCUT2D eigenvalue weighted by atomic mass is 10.0. The van der Waals surface area contributed by atoms with E-state index in [1.54, 1.807) is 0 Å². The van der Waals surface area contributed by atoms with E-state index in [9.17, 15) is 9.46 Å². The van der Waals surface area contributed by atoms with Gasteiger partial charge in [-0.3, -0.25) is 9.05 Å². The first-order valence-corrected chi connectivity index (χ1v) is 12.5. The summed E-state index contributed by atoms with van der Waals surface area (Å²) in [7, 11) is -3.89. The minimum Gasteiger partial charge on any atom is -0.314 e. The summed E-state index contributed by atoms with van der Waals surface area (Å²) in [4.78, 5) is 9.77. The highest BCUT2D eigenvalue weighted by atomic mass is 31.2. The molecule has 7 heteroatoms. The molecule has 1 rings (SSSR count). The zero-order valence-corrected chi connectivity index (χ0v) is 19.1. The third kappa shape index (κ3) is 16.7. The zero-order valence-electron chi connectivity index (χ0n) is 18.2. The molecule has 0 bridgehead atoms. The Balaban J connectivity index is 0.000000941. The number of hydrogen-bond donors (Lipinski definition) is 3. The topological polar surface area (TPSA) is 79.8 Å². The van der Waals surface area contributed by atoms with Gasteiger partial charge >= 0.3 is 7.82 Å². The van der Waals surface area contributed by atoms with Crippen molar-refractivity contribution in [3.8, 4) is 0 Å². The van der Waals surface area contributed by atoms with Crippen molar-refractivity contribution in [1.82, 2.24) is 10.6 Å². The molecule has 0 amide bonds. The van der Waals surface area contributed by atoms with Crippen molar-refractivity contribution in [3.05, 3.63) is 0 Å². The van der Waals surface area contributed by atoms with Crippen molar-refractivity contribution in [3.63, 3.8) is 0 Å². The highest BCUT2D eigenvalue weighted by Gasteiger charge is 2.24. The molecule has 6 nitrogen and oxygen atoms in total. The molecule has 0 aromatic carbocycles. The van der Waals surface area contributed by atoms with Crippen LogP contribution < -0.4 is 10.6 Å². The number of nitrogens with one attached hydrogen (secondary N) is 2. The lowest BCUT2D eigenvalue weighted by molar-refractivity contribution is 0.110. The number of phosphoric ester groups is 1. The van der Waals surface area contributed by atoms with Crippen LogP contribution in [0.25, 0.3) is 0 Å². The molecule has 27 heavy (non-hydrogen) atoms. The molecule has 0 aromatic rings. The lowest BCUT2D eigenvalue weighted by Gasteiger charge is -2.20. The van der Waals surface area contributed by atoms with Crippen LogP contribution in [0.4, 0.5) is 0 Å². The Labute approximate surface area is 167 Å². The molecule has 0 aliphatic carbocycles. The minimum atomic E-state index is -3.89. The molecule has 0 aromatic heterocycles. The van der Waals surface area contributed by atoms with Crippen molar-refractivity contribution in [1.29, 1.82) is 0 Å². The van der Waals surface area contributed by atoms with E-state index < -0.39 is 7.82 Å². The molecule has 0 spiro atoms. The maximum absolute atomic E-state index is 11.9. The fourth-order valence-electron chi connectivity index (χ4n) is 2.84. The van der Waals surface area contributed by atoms with Gasteiger partial charge in [-0.05, 0) is 24.7 Å². The van der Waals surface area contributed by atoms with Gasteiger partial charge in [-0.25, -0.2) is 4.57 Å². The Bertz CT molecular complexity index is 332. The van der Waals surface area contributed by atoms with E-state index in [1.807, 2.05) is 0 Å². The highest BCUT2D eigenvalue weighted by Crippen LogP contribution is 2.44. The van der Waals surface area contributed by atoms with Gasteiger partial charge in [0.15, 0.2) is 0 Å². The van der Waals surface area contributed by atoms with Crippen molar-refractivity contribution >= 4 is 7.82 Å². The van der Waals surface area contributed by atoms with Gasteiger partial charge in [-0.15, -0.1) is 0 Å². The summed E-state index contributed by atoms with van der Waals surface area (Å²) in [5.41, 5.74) is 0. The first kappa shape index (κ1) is 27.0. The van der Waals surface area contributed by atoms with E-state index in [0.29, 0.717) is 25.0 Å². The van der Waals surface area contributed by atoms with Crippen molar-refractivity contribution in [2.24, 2.45) is 11.8 Å². The number of phosphoric acid groups is 1. The predicted molar refractivity (Wildman–Crippen MR) is 114 cm³/mol. The number of hydrogen-bond acceptors (Lipinski definition) is 5. The standard InChI is InChI=1S/C16H35O4P.C4H10N2/c1-5-9-11-15(7-3)13-19-21(17,18)20-14-16(8-4)12-10-6-2;1-2-6-4-3-5-1/h15-16H,5-14H2,1-4H3,(H,17,18);5-6H,1-4H2. The van der Waals surface area contributed by atoms with Gasteiger partial charge in [0.25, 0.3) is 0 Å². The molecule has 0 radical (unpaired) electrons. The summed E-state index contributed by atoms with van der Waals surface area (Å²) in [6.45, 7) is 13.7. The van der Waals surface area contributed by atoms with Gasteiger partial charge in [-0.1, -0.05) is 66.2 Å². The monoisotopic (exact) mass is 408 g/mol. The van der Waals surface area contributed by atoms with Crippen LogP contribution >= 0.6 is 7.82 Å². The molecule has 3 N–H and O–H groups in total. The maximum atomic E-state index is 11.9. The van der Waals surface area contributed by atoms with Gasteiger partial charge in [-0.2, -0.15) is 0 Å². The molecule has 1 saturated heterocycles. The first-order chi connectivity index (χ1) is 13.0. The average molecular weight is 409 g/mol. The van der Waals surface area contributed by atoms with Gasteiger partial charge in [0, 0.05) is 26.2 Å². The Hall–Kier alpha value is 0.0300. The lowest BCUT2D eigenvalue weighted by Crippen LogP contribution is -2.39. The van der Waals surface area contributed by atoms with E-state index >= 15 is 0 Å². The zero-order chi connectivity index (χ0) is 20.4. The Morgan fingerprint density at radius 3 is 1.44 bits per heavy atom. The second kappa shape index (κ2) is 18.1. The summed E-state index contributed by atoms with van der Waals surface area (Å²) in [6.07, 6.45) is 8.56. The third-order valence-electron chi connectivity index (χ3n) is 4.99. The normalized spacial score (nSPS) is 18.9. The van der Waals surface area contributed by atoms with Crippen LogP contribution in [0.5, 0.6) is 0 Å². The summed E-state index contributed by atoms with van der Waals surface area (Å²) >= 11 is 0. The molecule has 164 valence electrons. The summed E-state index contributed by atoms with van der Waals surface area (Å²) in [5.74, 6) is 0.687. The van der Waals surface area contributed by atoms with Gasteiger partial charge in [0.1, 0.15) is 0 Å². The first-order valence-electron chi connectivity index (χ1n) is 11.0. The van der Waals surface area contributed by atoms with Crippen LogP contribution in [0, 0.1) is 11.8 Å². The summed E-state index contributed by atoms with van der Waals surface area (Å²) in [5, 5.41) is 6.44. The smallest absolute Gasteiger partial charge is 0.314 e. The SMILES string of the molecule is C1CNCCN1.CCCCC(CC)COP(=O)(O)OCC(CC)CCCC. The van der Waals surface area contributed by atoms with Crippen molar-refractivity contribution < 1.29 is 18.5 Å². The van der Waals surface area contributed by atoms with E-state index in [-0.39, 0.29) is 0 Å². The second-order valence-electron chi connectivity index (χ2n) is 7.39. The summed E-state index contributed by atoms with van der Waals surface area (Å²) < 4.78 is 22.2. The van der Waals surface area contributed by atoms with E-state index in [4.69, 9.17) is 9.05 Å². The average Bonchev–Trinajstić information content (AvgIpc) is 2.70. The maximum Gasteiger partial charge on any atom is 0.472 e. The van der Waals surface area contributed by atoms with E-state index in [0.717, 1.165) is 77.5 Å². The molecule has 0 saturated carbocycles. The van der Waals surface area contributed by atoms with E-state index in [2.05, 4.69) is 38.3 Å². The van der Waals surface area contributed by atoms with Crippen LogP contribution in [-0.4, -0.2) is 44.3 Å². The highest BCUT2D eigenvalue weighted by molar-refractivity contribution is 7.47. The van der Waals surface area contributed by atoms with Crippen LogP contribution in [0.2, 0.25) is 0 Å². The Morgan fingerprint density at radius 1 is 0.815 bits per heavy atom. The Morgan fingerprint density at radius 2 is 1.19 bits per heavy atom.